The van der Waals surface area contributed by atoms with Crippen LogP contribution in [0.15, 0.2) is 48.8 Å². The van der Waals surface area contributed by atoms with Crippen LogP contribution < -0.4 is 5.32 Å². The van der Waals surface area contributed by atoms with Gasteiger partial charge >= 0.3 is 0 Å². The Balaban J connectivity index is 0.000000771. The van der Waals surface area contributed by atoms with Crippen molar-refractivity contribution in [3.8, 4) is 0 Å². The molecule has 0 radical (unpaired) electrons. The van der Waals surface area contributed by atoms with E-state index in [4.69, 9.17) is 4.89 Å². The Bertz CT molecular complexity index is 460. The third kappa shape index (κ3) is 4.62. The fraction of sp³-hybridized carbons (Fsp3) is 0.0769. The molecule has 0 bridgehead atoms. The summed E-state index contributed by atoms with van der Waals surface area (Å²) in [6, 6.07) is 11.3. The van der Waals surface area contributed by atoms with Crippen LogP contribution in [0.4, 0.5) is 5.69 Å². The average Bonchev–Trinajstić information content (AvgIpc) is 2.49. The Morgan fingerprint density at radius 3 is 2.28 bits per heavy atom. The number of benzene rings is 1. The smallest absolute Gasteiger partial charge is 0.150 e. The van der Waals surface area contributed by atoms with Gasteiger partial charge in [-0.2, -0.15) is 0 Å². The first-order valence-electron chi connectivity index (χ1n) is 5.32. The van der Waals surface area contributed by atoms with Gasteiger partial charge in [0.15, 0.2) is 0 Å². The van der Waals surface area contributed by atoms with E-state index in [9.17, 15) is 4.79 Å². The summed E-state index contributed by atoms with van der Waals surface area (Å²) in [5.74, 6) is 0. The van der Waals surface area contributed by atoms with E-state index in [1.54, 1.807) is 24.5 Å². The van der Waals surface area contributed by atoms with Crippen molar-refractivity contribution in [2.75, 3.05) is 5.32 Å². The van der Waals surface area contributed by atoms with Crippen molar-refractivity contribution in [2.45, 2.75) is 6.54 Å². The van der Waals surface area contributed by atoms with Crippen LogP contribution in [0, 0.1) is 0 Å². The summed E-state index contributed by atoms with van der Waals surface area (Å²) in [5.41, 5.74) is 2.87. The maximum Gasteiger partial charge on any atom is 0.150 e. The molecule has 0 saturated heterocycles. The Labute approximate surface area is 108 Å². The number of rotatable bonds is 4. The summed E-state index contributed by atoms with van der Waals surface area (Å²) in [6.45, 7) is 0.753. The van der Waals surface area contributed by atoms with Crippen LogP contribution in [0.5, 0.6) is 0 Å². The molecule has 18 heavy (non-hydrogen) atoms. The normalized spacial score (nSPS) is 9.00. The summed E-state index contributed by atoms with van der Waals surface area (Å²) in [5, 5.41) is 3.27. The van der Waals surface area contributed by atoms with Gasteiger partial charge in [-0.1, -0.05) is 0 Å². The molecule has 1 unspecified atom stereocenters. The van der Waals surface area contributed by atoms with E-state index < -0.39 is 0 Å². The van der Waals surface area contributed by atoms with Crippen LogP contribution >= 0.6 is 9.47 Å². The Morgan fingerprint density at radius 2 is 1.72 bits per heavy atom. The van der Waals surface area contributed by atoms with E-state index in [0.717, 1.165) is 18.5 Å². The van der Waals surface area contributed by atoms with Gasteiger partial charge in [0.05, 0.1) is 0 Å². The molecule has 0 spiro atoms. The Kier molecular flexibility index (Phi) is 6.62. The summed E-state index contributed by atoms with van der Waals surface area (Å²) in [6.07, 6.45) is 4.38. The molecule has 0 amide bonds. The zero-order chi connectivity index (χ0) is 13.2. The molecule has 94 valence electrons. The maximum absolute atomic E-state index is 10.5. The van der Waals surface area contributed by atoms with Gasteiger partial charge in [-0.15, -0.1) is 0 Å². The third-order valence-electron chi connectivity index (χ3n) is 2.29. The molecule has 2 rings (SSSR count). The molecule has 0 fully saturated rings. The van der Waals surface area contributed by atoms with Crippen molar-refractivity contribution in [2.24, 2.45) is 0 Å². The molecule has 0 aliphatic rings. The van der Waals surface area contributed by atoms with Crippen LogP contribution in [-0.4, -0.2) is 16.2 Å². The second-order valence-corrected chi connectivity index (χ2v) is 3.45. The average molecular weight is 262 g/mol. The quantitative estimate of drug-likeness (QED) is 0.655. The number of aromatic nitrogens is 1. The van der Waals surface area contributed by atoms with Crippen LogP contribution in [0.3, 0.4) is 0 Å². The molecule has 2 N–H and O–H groups in total. The van der Waals surface area contributed by atoms with Gasteiger partial charge in [0.2, 0.25) is 0 Å². The molecule has 0 saturated carbocycles. The molecule has 0 aliphatic carbocycles. The third-order valence-corrected chi connectivity index (χ3v) is 2.29. The van der Waals surface area contributed by atoms with Crippen molar-refractivity contribution in [3.63, 3.8) is 0 Å². The van der Waals surface area contributed by atoms with Crippen molar-refractivity contribution in [1.82, 2.24) is 4.98 Å². The van der Waals surface area contributed by atoms with E-state index in [2.05, 4.69) is 10.3 Å². The van der Waals surface area contributed by atoms with Crippen molar-refractivity contribution >= 4 is 21.4 Å². The predicted octanol–water partition coefficient (Wildman–Crippen LogP) is 2.28. The molecule has 1 atom stereocenters. The summed E-state index contributed by atoms with van der Waals surface area (Å²) < 4.78 is 0. The summed E-state index contributed by atoms with van der Waals surface area (Å²) in [4.78, 5) is 21.3. The van der Waals surface area contributed by atoms with Gasteiger partial charge in [0, 0.05) is 30.2 Å². The van der Waals surface area contributed by atoms with Crippen molar-refractivity contribution < 1.29 is 9.69 Å². The first kappa shape index (κ1) is 14.3. The van der Waals surface area contributed by atoms with E-state index in [1.165, 1.54) is 15.0 Å². The lowest BCUT2D eigenvalue weighted by Gasteiger charge is -2.05. The summed E-state index contributed by atoms with van der Waals surface area (Å²) >= 11 is 0. The van der Waals surface area contributed by atoms with Crippen LogP contribution in [-0.2, 0) is 6.54 Å². The number of hydrogen-bond donors (Lipinski definition) is 2. The molecular formula is C13H15N2O2P. The number of anilines is 1. The Morgan fingerprint density at radius 1 is 1.11 bits per heavy atom. The van der Waals surface area contributed by atoms with E-state index in [1.807, 2.05) is 24.3 Å². The highest BCUT2D eigenvalue weighted by Crippen LogP contribution is 2.09. The second kappa shape index (κ2) is 8.34. The predicted molar refractivity (Wildman–Crippen MR) is 75.3 cm³/mol. The number of carbonyl (C=O) groups is 1. The molecular weight excluding hydrogens is 247 g/mol. The number of nitrogens with one attached hydrogen (secondary N) is 1. The first-order valence-corrected chi connectivity index (χ1v) is 5.84. The molecule has 4 nitrogen and oxygen atoms in total. The highest BCUT2D eigenvalue weighted by atomic mass is 31.0. The largest absolute Gasteiger partial charge is 0.381 e. The molecule has 1 aromatic heterocycles. The number of carbonyl (C=O) groups excluding carboxylic acids is 1. The van der Waals surface area contributed by atoms with Gasteiger partial charge in [-0.25, -0.2) is 0 Å². The minimum absolute atomic E-state index is 0.689. The highest BCUT2D eigenvalue weighted by molar-refractivity contribution is 7.08. The topological polar surface area (TPSA) is 62.2 Å². The van der Waals surface area contributed by atoms with Crippen molar-refractivity contribution in [1.29, 1.82) is 0 Å². The number of aldehydes is 1. The van der Waals surface area contributed by atoms with Gasteiger partial charge in [0.1, 0.15) is 6.29 Å². The lowest BCUT2D eigenvalue weighted by molar-refractivity contribution is 0.112. The first-order chi connectivity index (χ1) is 8.88. The standard InChI is InChI=1S/C13H12N2O.H3OP/c16-10-12-1-3-13(4-2-12)15-9-11-5-7-14-8-6-11;1-2/h1-8,10,15H,9H2;1H,2H2. The minimum Gasteiger partial charge on any atom is -0.381 e. The molecule has 5 heteroatoms. The number of nitrogens with zero attached hydrogens (tertiary/aromatic N) is 1. The SMILES string of the molecule is O=Cc1ccc(NCc2ccncc2)cc1.OP. The van der Waals surface area contributed by atoms with Crippen LogP contribution in [0.25, 0.3) is 0 Å². The van der Waals surface area contributed by atoms with E-state index in [0.29, 0.717) is 5.56 Å². The van der Waals surface area contributed by atoms with Crippen LogP contribution in [0.2, 0.25) is 0 Å². The fourth-order valence-corrected chi connectivity index (χ4v) is 1.38. The minimum atomic E-state index is 0.689. The second-order valence-electron chi connectivity index (χ2n) is 3.45. The monoisotopic (exact) mass is 262 g/mol. The van der Waals surface area contributed by atoms with E-state index >= 15 is 0 Å². The molecule has 1 heterocycles. The van der Waals surface area contributed by atoms with Gasteiger partial charge in [0.25, 0.3) is 0 Å². The van der Waals surface area contributed by atoms with Crippen molar-refractivity contribution in [3.05, 3.63) is 59.9 Å². The molecule has 1 aromatic carbocycles. The number of hydrogen-bond acceptors (Lipinski definition) is 4. The zero-order valence-electron chi connectivity index (χ0n) is 9.78. The summed E-state index contributed by atoms with van der Waals surface area (Å²) in [7, 11) is 1.42. The van der Waals surface area contributed by atoms with Gasteiger partial charge in [-0.3, -0.25) is 9.78 Å². The lowest BCUT2D eigenvalue weighted by atomic mass is 10.2. The fourth-order valence-electron chi connectivity index (χ4n) is 1.38. The highest BCUT2D eigenvalue weighted by Gasteiger charge is 1.94. The molecule has 2 aromatic rings. The maximum atomic E-state index is 10.5. The van der Waals surface area contributed by atoms with Gasteiger partial charge in [-0.05, 0) is 51.4 Å². The van der Waals surface area contributed by atoms with Gasteiger partial charge < -0.3 is 10.2 Å². The number of pyridine rings is 1. The van der Waals surface area contributed by atoms with Crippen LogP contribution in [0.1, 0.15) is 15.9 Å². The lowest BCUT2D eigenvalue weighted by Crippen LogP contribution is -1.99. The molecule has 0 aliphatic heterocycles. The Hall–Kier alpha value is -1.77. The van der Waals surface area contributed by atoms with E-state index in [-0.39, 0.29) is 0 Å². The zero-order valence-corrected chi connectivity index (χ0v) is 10.9.